The van der Waals surface area contributed by atoms with Crippen molar-refractivity contribution < 1.29 is 14.3 Å². The lowest BCUT2D eigenvalue weighted by atomic mass is 10.3. The van der Waals surface area contributed by atoms with Gasteiger partial charge in [-0.1, -0.05) is 0 Å². The maximum absolute atomic E-state index is 12.3. The van der Waals surface area contributed by atoms with E-state index in [0.29, 0.717) is 23.7 Å². The maximum atomic E-state index is 12.3. The van der Waals surface area contributed by atoms with Crippen LogP contribution in [0.1, 0.15) is 9.67 Å². The SMILES string of the molecule is COCCN(CC(=O)N(C)C)C(=O)c1sccc1N. The van der Waals surface area contributed by atoms with Crippen molar-refractivity contribution in [3.8, 4) is 0 Å². The zero-order chi connectivity index (χ0) is 14.4. The Balaban J connectivity index is 2.81. The highest BCUT2D eigenvalue weighted by Gasteiger charge is 2.22. The maximum Gasteiger partial charge on any atom is 0.266 e. The molecule has 0 aliphatic carbocycles. The Morgan fingerprint density at radius 3 is 2.58 bits per heavy atom. The first kappa shape index (κ1) is 15.5. The molecule has 0 spiro atoms. The topological polar surface area (TPSA) is 75.9 Å². The van der Waals surface area contributed by atoms with Gasteiger partial charge in [0.05, 0.1) is 12.3 Å². The summed E-state index contributed by atoms with van der Waals surface area (Å²) in [7, 11) is 4.86. The van der Waals surface area contributed by atoms with Crippen molar-refractivity contribution in [3.05, 3.63) is 16.3 Å². The van der Waals surface area contributed by atoms with Gasteiger partial charge in [0.15, 0.2) is 0 Å². The van der Waals surface area contributed by atoms with Crippen LogP contribution in [-0.2, 0) is 9.53 Å². The third kappa shape index (κ3) is 4.22. The van der Waals surface area contributed by atoms with Crippen molar-refractivity contribution in [2.75, 3.05) is 46.6 Å². The molecule has 0 aliphatic rings. The van der Waals surface area contributed by atoms with Crippen LogP contribution in [0.15, 0.2) is 11.4 Å². The standard InChI is InChI=1S/C12H19N3O3S/c1-14(2)10(16)8-15(5-6-18-3)12(17)11-9(13)4-7-19-11/h4,7H,5-6,8,13H2,1-3H3. The monoisotopic (exact) mass is 285 g/mol. The summed E-state index contributed by atoms with van der Waals surface area (Å²) < 4.78 is 4.97. The number of methoxy groups -OCH3 is 1. The van der Waals surface area contributed by atoms with Crippen LogP contribution in [-0.4, -0.2) is 62.5 Å². The minimum absolute atomic E-state index is 0.0204. The third-order valence-corrected chi connectivity index (χ3v) is 3.49. The van der Waals surface area contributed by atoms with E-state index in [4.69, 9.17) is 10.5 Å². The molecule has 0 bridgehead atoms. The fourth-order valence-electron chi connectivity index (χ4n) is 1.40. The first-order valence-corrected chi connectivity index (χ1v) is 6.66. The molecule has 1 aromatic rings. The molecular formula is C12H19N3O3S. The number of ether oxygens (including phenoxy) is 1. The summed E-state index contributed by atoms with van der Waals surface area (Å²) in [6, 6.07) is 1.68. The highest BCUT2D eigenvalue weighted by atomic mass is 32.1. The second-order valence-electron chi connectivity index (χ2n) is 4.21. The predicted octanol–water partition coefficient (Wildman–Crippen LogP) is 0.507. The molecule has 2 N–H and O–H groups in total. The molecule has 0 atom stereocenters. The summed E-state index contributed by atoms with van der Waals surface area (Å²) in [4.78, 5) is 27.4. The van der Waals surface area contributed by atoms with Gasteiger partial charge < -0.3 is 20.3 Å². The molecule has 0 unspecified atom stereocenters. The van der Waals surface area contributed by atoms with Crippen molar-refractivity contribution in [1.29, 1.82) is 0 Å². The van der Waals surface area contributed by atoms with Crippen molar-refractivity contribution in [1.82, 2.24) is 9.80 Å². The van der Waals surface area contributed by atoms with Crippen LogP contribution in [0.25, 0.3) is 0 Å². The lowest BCUT2D eigenvalue weighted by Crippen LogP contribution is -2.41. The van der Waals surface area contributed by atoms with Gasteiger partial charge in [-0.25, -0.2) is 0 Å². The number of amides is 2. The van der Waals surface area contributed by atoms with Crippen LogP contribution in [0.3, 0.4) is 0 Å². The Kier molecular flexibility index (Phi) is 5.78. The molecule has 6 nitrogen and oxygen atoms in total. The summed E-state index contributed by atoms with van der Waals surface area (Å²) in [6.45, 7) is 0.747. The molecule has 2 amide bonds. The number of hydrogen-bond acceptors (Lipinski definition) is 5. The number of rotatable bonds is 6. The minimum Gasteiger partial charge on any atom is -0.397 e. The predicted molar refractivity (Wildman–Crippen MR) is 75.2 cm³/mol. The zero-order valence-electron chi connectivity index (χ0n) is 11.4. The van der Waals surface area contributed by atoms with E-state index < -0.39 is 0 Å². The van der Waals surface area contributed by atoms with Gasteiger partial charge in [-0.3, -0.25) is 9.59 Å². The highest BCUT2D eigenvalue weighted by molar-refractivity contribution is 7.12. The molecule has 1 aromatic heterocycles. The molecule has 0 fully saturated rings. The first-order valence-electron chi connectivity index (χ1n) is 5.78. The summed E-state index contributed by atoms with van der Waals surface area (Å²) in [5, 5.41) is 1.75. The van der Waals surface area contributed by atoms with Crippen LogP contribution in [0.5, 0.6) is 0 Å². The Labute approximate surface area is 116 Å². The number of nitrogens with zero attached hydrogens (tertiary/aromatic N) is 2. The number of nitrogen functional groups attached to an aromatic ring is 1. The molecule has 0 saturated heterocycles. The molecule has 1 heterocycles. The fraction of sp³-hybridized carbons (Fsp3) is 0.500. The number of likely N-dealkylation sites (N-methyl/N-ethyl adjacent to an activating group) is 1. The zero-order valence-corrected chi connectivity index (χ0v) is 12.2. The molecule has 1 rings (SSSR count). The Morgan fingerprint density at radius 1 is 1.42 bits per heavy atom. The summed E-state index contributed by atoms with van der Waals surface area (Å²) >= 11 is 1.27. The third-order valence-electron chi connectivity index (χ3n) is 2.57. The van der Waals surface area contributed by atoms with Gasteiger partial charge in [0.1, 0.15) is 11.4 Å². The minimum atomic E-state index is -0.236. The molecule has 19 heavy (non-hydrogen) atoms. The van der Waals surface area contributed by atoms with Gasteiger partial charge >= 0.3 is 0 Å². The summed E-state index contributed by atoms with van der Waals surface area (Å²) in [6.07, 6.45) is 0. The Morgan fingerprint density at radius 2 is 2.11 bits per heavy atom. The van der Waals surface area contributed by atoms with Crippen LogP contribution < -0.4 is 5.73 Å². The van der Waals surface area contributed by atoms with Gasteiger partial charge in [0.25, 0.3) is 5.91 Å². The molecule has 106 valence electrons. The van der Waals surface area contributed by atoms with Gasteiger partial charge in [-0.2, -0.15) is 0 Å². The van der Waals surface area contributed by atoms with E-state index in [-0.39, 0.29) is 18.4 Å². The van der Waals surface area contributed by atoms with Crippen molar-refractivity contribution >= 4 is 28.8 Å². The normalized spacial score (nSPS) is 10.3. The van der Waals surface area contributed by atoms with E-state index in [0.717, 1.165) is 0 Å². The van der Waals surface area contributed by atoms with Gasteiger partial charge in [0.2, 0.25) is 5.91 Å². The number of carbonyl (C=O) groups is 2. The molecular weight excluding hydrogens is 266 g/mol. The molecule has 0 saturated carbocycles. The van der Waals surface area contributed by atoms with Crippen LogP contribution >= 0.6 is 11.3 Å². The number of thiophene rings is 1. The second-order valence-corrected chi connectivity index (χ2v) is 5.13. The van der Waals surface area contributed by atoms with Crippen molar-refractivity contribution in [2.24, 2.45) is 0 Å². The average Bonchev–Trinajstić information content (AvgIpc) is 2.79. The average molecular weight is 285 g/mol. The van der Waals surface area contributed by atoms with Crippen LogP contribution in [0, 0.1) is 0 Å². The second kappa shape index (κ2) is 7.10. The quantitative estimate of drug-likeness (QED) is 0.826. The van der Waals surface area contributed by atoms with E-state index in [2.05, 4.69) is 0 Å². The Bertz CT molecular complexity index is 445. The van der Waals surface area contributed by atoms with E-state index in [1.54, 1.807) is 32.7 Å². The van der Waals surface area contributed by atoms with Crippen LogP contribution in [0.2, 0.25) is 0 Å². The number of hydrogen-bond donors (Lipinski definition) is 1. The van der Waals surface area contributed by atoms with Gasteiger partial charge in [-0.15, -0.1) is 11.3 Å². The smallest absolute Gasteiger partial charge is 0.266 e. The highest BCUT2D eigenvalue weighted by Crippen LogP contribution is 2.20. The lowest BCUT2D eigenvalue weighted by molar-refractivity contribution is -0.129. The lowest BCUT2D eigenvalue weighted by Gasteiger charge is -2.23. The first-order chi connectivity index (χ1) is 8.97. The number of carbonyl (C=O) groups excluding carboxylic acids is 2. The van der Waals surface area contributed by atoms with Crippen molar-refractivity contribution in [2.45, 2.75) is 0 Å². The molecule has 0 aromatic carbocycles. The molecule has 0 aliphatic heterocycles. The van der Waals surface area contributed by atoms with Gasteiger partial charge in [-0.05, 0) is 11.4 Å². The number of nitrogens with two attached hydrogens (primary N) is 1. The largest absolute Gasteiger partial charge is 0.397 e. The fourth-order valence-corrected chi connectivity index (χ4v) is 2.18. The van der Waals surface area contributed by atoms with E-state index in [1.165, 1.54) is 21.1 Å². The molecule has 7 heteroatoms. The number of anilines is 1. The van der Waals surface area contributed by atoms with Crippen LogP contribution in [0.4, 0.5) is 5.69 Å². The summed E-state index contributed by atoms with van der Waals surface area (Å²) in [5.41, 5.74) is 6.17. The summed E-state index contributed by atoms with van der Waals surface area (Å²) in [5.74, 6) is -0.376. The van der Waals surface area contributed by atoms with E-state index in [1.807, 2.05) is 0 Å². The van der Waals surface area contributed by atoms with E-state index >= 15 is 0 Å². The van der Waals surface area contributed by atoms with E-state index in [9.17, 15) is 9.59 Å². The Hall–Kier alpha value is -1.60. The molecule has 0 radical (unpaired) electrons. The van der Waals surface area contributed by atoms with Crippen molar-refractivity contribution in [3.63, 3.8) is 0 Å². The van der Waals surface area contributed by atoms with Gasteiger partial charge in [0, 0.05) is 27.7 Å².